The van der Waals surface area contributed by atoms with Gasteiger partial charge in [-0.25, -0.2) is 5.01 Å². The molecule has 0 saturated carbocycles. The standard InChI is InChI=1S/C10H15N3O2/c11-9-5-4-8(15-9)10(14)12-13-6-2-1-3-7-13/h4-5H,1-3,6-7,11H2,(H,12,14). The first-order valence-electron chi connectivity index (χ1n) is 5.17. The highest BCUT2D eigenvalue weighted by Gasteiger charge is 2.15. The molecule has 1 saturated heterocycles. The molecule has 1 aromatic heterocycles. The summed E-state index contributed by atoms with van der Waals surface area (Å²) in [5, 5.41) is 1.92. The fourth-order valence-corrected chi connectivity index (χ4v) is 1.68. The van der Waals surface area contributed by atoms with Gasteiger partial charge in [-0.15, -0.1) is 0 Å². The number of nitrogens with two attached hydrogens (primary N) is 1. The van der Waals surface area contributed by atoms with Gasteiger partial charge in [0.2, 0.25) is 0 Å². The molecule has 0 spiro atoms. The molecule has 0 aromatic carbocycles. The number of nitrogens with zero attached hydrogens (tertiary/aromatic N) is 1. The predicted molar refractivity (Wildman–Crippen MR) is 56.0 cm³/mol. The average Bonchev–Trinajstić information content (AvgIpc) is 2.66. The van der Waals surface area contributed by atoms with Crippen LogP contribution in [0.1, 0.15) is 29.8 Å². The summed E-state index contributed by atoms with van der Waals surface area (Å²) in [6.07, 6.45) is 3.49. The van der Waals surface area contributed by atoms with E-state index in [4.69, 9.17) is 10.2 Å². The molecule has 0 aliphatic carbocycles. The summed E-state index contributed by atoms with van der Waals surface area (Å²) >= 11 is 0. The number of piperidine rings is 1. The van der Waals surface area contributed by atoms with Crippen LogP contribution in [-0.4, -0.2) is 24.0 Å². The van der Waals surface area contributed by atoms with E-state index >= 15 is 0 Å². The maximum absolute atomic E-state index is 11.6. The van der Waals surface area contributed by atoms with Crippen molar-refractivity contribution in [2.24, 2.45) is 0 Å². The lowest BCUT2D eigenvalue weighted by Crippen LogP contribution is -2.44. The SMILES string of the molecule is Nc1ccc(C(=O)NN2CCCCC2)o1. The third kappa shape index (κ3) is 2.50. The first-order valence-corrected chi connectivity index (χ1v) is 5.17. The van der Waals surface area contributed by atoms with Gasteiger partial charge in [0.1, 0.15) is 0 Å². The van der Waals surface area contributed by atoms with Gasteiger partial charge in [0.25, 0.3) is 0 Å². The van der Waals surface area contributed by atoms with Crippen molar-refractivity contribution in [3.8, 4) is 0 Å². The van der Waals surface area contributed by atoms with Gasteiger partial charge >= 0.3 is 5.91 Å². The van der Waals surface area contributed by atoms with Crippen LogP contribution in [0.15, 0.2) is 16.5 Å². The number of amides is 1. The van der Waals surface area contributed by atoms with Crippen molar-refractivity contribution in [1.82, 2.24) is 10.4 Å². The van der Waals surface area contributed by atoms with Crippen LogP contribution in [0.3, 0.4) is 0 Å². The van der Waals surface area contributed by atoms with E-state index in [2.05, 4.69) is 5.43 Å². The van der Waals surface area contributed by atoms with Crippen LogP contribution in [-0.2, 0) is 0 Å². The molecule has 0 radical (unpaired) electrons. The number of furan rings is 1. The second kappa shape index (κ2) is 4.35. The lowest BCUT2D eigenvalue weighted by molar-refractivity contribution is 0.0722. The Morgan fingerprint density at radius 1 is 1.33 bits per heavy atom. The van der Waals surface area contributed by atoms with Crippen molar-refractivity contribution >= 4 is 11.8 Å². The molecule has 5 heteroatoms. The van der Waals surface area contributed by atoms with E-state index in [9.17, 15) is 4.79 Å². The molecular weight excluding hydrogens is 194 g/mol. The number of rotatable bonds is 2. The van der Waals surface area contributed by atoms with Gasteiger partial charge < -0.3 is 10.2 Å². The minimum atomic E-state index is -0.228. The summed E-state index contributed by atoms with van der Waals surface area (Å²) in [6.45, 7) is 1.81. The van der Waals surface area contributed by atoms with Crippen LogP contribution in [0.25, 0.3) is 0 Å². The number of nitrogens with one attached hydrogen (secondary N) is 1. The Labute approximate surface area is 88.2 Å². The summed E-state index contributed by atoms with van der Waals surface area (Å²) in [7, 11) is 0. The molecule has 1 aromatic rings. The van der Waals surface area contributed by atoms with E-state index in [-0.39, 0.29) is 17.6 Å². The number of carbonyl (C=O) groups excluding carboxylic acids is 1. The molecule has 1 fully saturated rings. The van der Waals surface area contributed by atoms with E-state index in [1.54, 1.807) is 12.1 Å². The third-order valence-electron chi connectivity index (χ3n) is 2.47. The zero-order valence-corrected chi connectivity index (χ0v) is 8.53. The Morgan fingerprint density at radius 2 is 2.07 bits per heavy atom. The van der Waals surface area contributed by atoms with Crippen molar-refractivity contribution in [3.05, 3.63) is 17.9 Å². The van der Waals surface area contributed by atoms with E-state index < -0.39 is 0 Å². The highest BCUT2D eigenvalue weighted by Crippen LogP contribution is 2.10. The molecule has 15 heavy (non-hydrogen) atoms. The minimum Gasteiger partial charge on any atom is -0.436 e. The average molecular weight is 209 g/mol. The Hall–Kier alpha value is -1.49. The molecule has 82 valence electrons. The van der Waals surface area contributed by atoms with Gasteiger partial charge in [0, 0.05) is 19.2 Å². The van der Waals surface area contributed by atoms with Crippen molar-refractivity contribution < 1.29 is 9.21 Å². The quantitative estimate of drug-likeness (QED) is 0.762. The maximum Gasteiger partial charge on any atom is 0.301 e. The Morgan fingerprint density at radius 3 is 2.67 bits per heavy atom. The van der Waals surface area contributed by atoms with Gasteiger partial charge in [-0.2, -0.15) is 0 Å². The molecule has 0 atom stereocenters. The fourth-order valence-electron chi connectivity index (χ4n) is 1.68. The summed E-state index contributed by atoms with van der Waals surface area (Å²) < 4.78 is 5.03. The van der Waals surface area contributed by atoms with Gasteiger partial charge in [0.15, 0.2) is 11.6 Å². The fraction of sp³-hybridized carbons (Fsp3) is 0.500. The lowest BCUT2D eigenvalue weighted by Gasteiger charge is -2.26. The van der Waals surface area contributed by atoms with Gasteiger partial charge in [0.05, 0.1) is 0 Å². The summed E-state index contributed by atoms with van der Waals surface area (Å²) in [5.41, 5.74) is 8.18. The lowest BCUT2D eigenvalue weighted by atomic mass is 10.2. The van der Waals surface area contributed by atoms with E-state index in [1.807, 2.05) is 5.01 Å². The molecule has 2 rings (SSSR count). The smallest absolute Gasteiger partial charge is 0.301 e. The highest BCUT2D eigenvalue weighted by atomic mass is 16.4. The Bertz CT molecular complexity index is 342. The van der Waals surface area contributed by atoms with E-state index in [1.165, 1.54) is 6.42 Å². The molecule has 2 heterocycles. The second-order valence-electron chi connectivity index (χ2n) is 3.69. The van der Waals surface area contributed by atoms with Gasteiger partial charge in [-0.05, 0) is 18.9 Å². The van der Waals surface area contributed by atoms with Crippen molar-refractivity contribution in [2.75, 3.05) is 18.8 Å². The van der Waals surface area contributed by atoms with Crippen LogP contribution in [0.4, 0.5) is 5.88 Å². The van der Waals surface area contributed by atoms with Crippen LogP contribution in [0.5, 0.6) is 0 Å². The molecule has 5 nitrogen and oxygen atoms in total. The zero-order chi connectivity index (χ0) is 10.7. The topological polar surface area (TPSA) is 71.5 Å². The number of hydrogen-bond donors (Lipinski definition) is 2. The van der Waals surface area contributed by atoms with Crippen molar-refractivity contribution in [3.63, 3.8) is 0 Å². The van der Waals surface area contributed by atoms with Gasteiger partial charge in [-0.1, -0.05) is 6.42 Å². The van der Waals surface area contributed by atoms with Crippen molar-refractivity contribution in [2.45, 2.75) is 19.3 Å². The van der Waals surface area contributed by atoms with E-state index in [0.717, 1.165) is 25.9 Å². The summed E-state index contributed by atoms with van der Waals surface area (Å²) in [6, 6.07) is 3.15. The summed E-state index contributed by atoms with van der Waals surface area (Å²) in [4.78, 5) is 11.6. The molecule has 3 N–H and O–H groups in total. The predicted octanol–water partition coefficient (Wildman–Crippen LogP) is 0.992. The first kappa shape index (κ1) is 10.0. The molecule has 1 aliphatic rings. The molecule has 1 amide bonds. The first-order chi connectivity index (χ1) is 7.25. The summed E-state index contributed by atoms with van der Waals surface area (Å²) in [5.74, 6) is 0.297. The highest BCUT2D eigenvalue weighted by molar-refractivity contribution is 5.91. The second-order valence-corrected chi connectivity index (χ2v) is 3.69. The largest absolute Gasteiger partial charge is 0.436 e. The van der Waals surface area contributed by atoms with Crippen LogP contribution >= 0.6 is 0 Å². The van der Waals surface area contributed by atoms with Crippen LogP contribution in [0, 0.1) is 0 Å². The number of hydrazine groups is 1. The van der Waals surface area contributed by atoms with Gasteiger partial charge in [-0.3, -0.25) is 10.2 Å². The number of hydrogen-bond acceptors (Lipinski definition) is 4. The van der Waals surface area contributed by atoms with Crippen LogP contribution in [0.2, 0.25) is 0 Å². The van der Waals surface area contributed by atoms with Crippen LogP contribution < -0.4 is 11.2 Å². The normalized spacial score (nSPS) is 17.6. The monoisotopic (exact) mass is 209 g/mol. The number of anilines is 1. The Kier molecular flexibility index (Phi) is 2.91. The molecular formula is C10H15N3O2. The van der Waals surface area contributed by atoms with E-state index in [0.29, 0.717) is 0 Å². The molecule has 0 bridgehead atoms. The Balaban J connectivity index is 1.91. The van der Waals surface area contributed by atoms with Crippen molar-refractivity contribution in [1.29, 1.82) is 0 Å². The molecule has 0 unspecified atom stereocenters. The minimum absolute atomic E-state index is 0.228. The maximum atomic E-state index is 11.6. The molecule has 1 aliphatic heterocycles. The number of carbonyl (C=O) groups is 1. The zero-order valence-electron chi connectivity index (χ0n) is 8.53. The third-order valence-corrected chi connectivity index (χ3v) is 2.47. The number of nitrogen functional groups attached to an aromatic ring is 1.